The fourth-order valence-corrected chi connectivity index (χ4v) is 5.20. The molecule has 9 heteroatoms. The molecule has 0 fully saturated rings. The zero-order chi connectivity index (χ0) is 17.3. The molecule has 0 spiro atoms. The van der Waals surface area contributed by atoms with Gasteiger partial charge in [0.05, 0.1) is 28.3 Å². The van der Waals surface area contributed by atoms with E-state index in [9.17, 15) is 13.2 Å². The number of rotatable bonds is 4. The fraction of sp³-hybridized carbons (Fsp3) is 0.200. The van der Waals surface area contributed by atoms with Gasteiger partial charge >= 0.3 is 0 Å². The molecule has 0 radical (unpaired) electrons. The Balaban J connectivity index is 1.68. The number of hydrogen-bond acceptors (Lipinski definition) is 5. The van der Waals surface area contributed by atoms with Gasteiger partial charge in [0.15, 0.2) is 9.84 Å². The molecule has 1 atom stereocenters. The van der Waals surface area contributed by atoms with Gasteiger partial charge in [-0.05, 0) is 18.2 Å². The van der Waals surface area contributed by atoms with E-state index >= 15 is 0 Å². The highest BCUT2D eigenvalue weighted by molar-refractivity contribution is 7.94. The van der Waals surface area contributed by atoms with E-state index in [1.54, 1.807) is 24.4 Å². The summed E-state index contributed by atoms with van der Waals surface area (Å²) in [6.07, 6.45) is 3.19. The second-order valence-corrected chi connectivity index (χ2v) is 9.10. The smallest absolute Gasteiger partial charge is 0.225 e. The molecule has 0 saturated carbocycles. The minimum atomic E-state index is -3.19. The van der Waals surface area contributed by atoms with Crippen molar-refractivity contribution in [3.63, 3.8) is 0 Å². The SMILES string of the molecule is O=C(Cc1cnc(-c2c(Cl)cccc2Cl)s1)NC1C=CS(=O)(=O)C1. The van der Waals surface area contributed by atoms with Crippen LogP contribution in [0.2, 0.25) is 10.0 Å². The highest BCUT2D eigenvalue weighted by atomic mass is 35.5. The molecular weight excluding hydrogens is 391 g/mol. The Kier molecular flexibility index (Phi) is 4.96. The topological polar surface area (TPSA) is 76.1 Å². The van der Waals surface area contributed by atoms with Gasteiger partial charge in [0.1, 0.15) is 5.01 Å². The summed E-state index contributed by atoms with van der Waals surface area (Å²) in [7, 11) is -3.19. The summed E-state index contributed by atoms with van der Waals surface area (Å²) in [5.74, 6) is -0.357. The molecule has 126 valence electrons. The van der Waals surface area contributed by atoms with Crippen molar-refractivity contribution in [2.75, 3.05) is 5.75 Å². The van der Waals surface area contributed by atoms with Gasteiger partial charge in [-0.15, -0.1) is 11.3 Å². The fourth-order valence-electron chi connectivity index (χ4n) is 2.29. The maximum Gasteiger partial charge on any atom is 0.225 e. The van der Waals surface area contributed by atoms with Crippen LogP contribution in [0.4, 0.5) is 0 Å². The highest BCUT2D eigenvalue weighted by Crippen LogP contribution is 2.36. The lowest BCUT2D eigenvalue weighted by atomic mass is 10.2. The molecule has 5 nitrogen and oxygen atoms in total. The van der Waals surface area contributed by atoms with E-state index in [0.29, 0.717) is 20.6 Å². The Morgan fingerprint density at radius 1 is 1.33 bits per heavy atom. The molecule has 1 aliphatic rings. The van der Waals surface area contributed by atoms with Gasteiger partial charge in [0.25, 0.3) is 0 Å². The first-order valence-electron chi connectivity index (χ1n) is 6.93. The zero-order valence-corrected chi connectivity index (χ0v) is 15.3. The molecule has 3 rings (SSSR count). The molecular formula is C15H12Cl2N2O3S2. The van der Waals surface area contributed by atoms with E-state index in [1.165, 1.54) is 17.4 Å². The highest BCUT2D eigenvalue weighted by Gasteiger charge is 2.23. The van der Waals surface area contributed by atoms with Gasteiger partial charge in [0, 0.05) is 22.0 Å². The normalized spacial score (nSPS) is 18.7. The number of hydrogen-bond donors (Lipinski definition) is 1. The zero-order valence-electron chi connectivity index (χ0n) is 12.2. The average Bonchev–Trinajstić information content (AvgIpc) is 3.05. The summed E-state index contributed by atoms with van der Waals surface area (Å²) in [4.78, 5) is 17.1. The first kappa shape index (κ1) is 17.4. The number of nitrogens with one attached hydrogen (secondary N) is 1. The Morgan fingerprint density at radius 2 is 2.04 bits per heavy atom. The van der Waals surface area contributed by atoms with Gasteiger partial charge in [0.2, 0.25) is 5.91 Å². The number of thiazole rings is 1. The molecule has 24 heavy (non-hydrogen) atoms. The Hall–Kier alpha value is -1.41. The number of halogens is 2. The Bertz CT molecular complexity index is 902. The number of carbonyl (C=O) groups is 1. The quantitative estimate of drug-likeness (QED) is 0.851. The van der Waals surface area contributed by atoms with Crippen molar-refractivity contribution < 1.29 is 13.2 Å². The summed E-state index contributed by atoms with van der Waals surface area (Å²) >= 11 is 13.6. The number of carbonyl (C=O) groups excluding carboxylic acids is 1. The van der Waals surface area contributed by atoms with Crippen LogP contribution in [-0.4, -0.2) is 31.1 Å². The second kappa shape index (κ2) is 6.84. The third-order valence-electron chi connectivity index (χ3n) is 3.34. The first-order chi connectivity index (χ1) is 11.3. The van der Waals surface area contributed by atoms with Crippen molar-refractivity contribution in [1.82, 2.24) is 10.3 Å². The summed E-state index contributed by atoms with van der Waals surface area (Å²) in [6, 6.07) is 4.72. The van der Waals surface area contributed by atoms with E-state index in [-0.39, 0.29) is 18.1 Å². The van der Waals surface area contributed by atoms with Crippen LogP contribution in [0, 0.1) is 0 Å². The van der Waals surface area contributed by atoms with Gasteiger partial charge in [-0.25, -0.2) is 13.4 Å². The van der Waals surface area contributed by atoms with E-state index in [2.05, 4.69) is 10.3 Å². The van der Waals surface area contributed by atoms with Crippen LogP contribution in [0.15, 0.2) is 35.9 Å². The number of sulfone groups is 1. The van der Waals surface area contributed by atoms with Gasteiger partial charge in [-0.3, -0.25) is 4.79 Å². The molecule has 1 aromatic heterocycles. The molecule has 1 aliphatic heterocycles. The van der Waals surface area contributed by atoms with Gasteiger partial charge in [-0.1, -0.05) is 29.3 Å². The van der Waals surface area contributed by atoms with Crippen LogP contribution >= 0.6 is 34.5 Å². The second-order valence-electron chi connectivity index (χ2n) is 5.24. The molecule has 2 heterocycles. The first-order valence-corrected chi connectivity index (χ1v) is 10.2. The van der Waals surface area contributed by atoms with Crippen molar-refractivity contribution in [2.24, 2.45) is 0 Å². The van der Waals surface area contributed by atoms with Crippen LogP contribution < -0.4 is 5.32 Å². The summed E-state index contributed by atoms with van der Waals surface area (Å²) in [5, 5.41) is 5.43. The minimum Gasteiger partial charge on any atom is -0.349 e. The molecule has 1 amide bonds. The van der Waals surface area contributed by atoms with Gasteiger partial charge in [-0.2, -0.15) is 0 Å². The van der Waals surface area contributed by atoms with Crippen molar-refractivity contribution in [3.05, 3.63) is 50.8 Å². The summed E-state index contributed by atoms with van der Waals surface area (Å²) in [6.45, 7) is 0. The third-order valence-corrected chi connectivity index (χ3v) is 6.38. The van der Waals surface area contributed by atoms with E-state index in [4.69, 9.17) is 23.2 Å². The van der Waals surface area contributed by atoms with Crippen LogP contribution in [0.25, 0.3) is 10.6 Å². The van der Waals surface area contributed by atoms with Crippen molar-refractivity contribution in [3.8, 4) is 10.6 Å². The van der Waals surface area contributed by atoms with Crippen molar-refractivity contribution >= 4 is 50.3 Å². The van der Waals surface area contributed by atoms with E-state index < -0.39 is 15.9 Å². The molecule has 2 aromatic rings. The lowest BCUT2D eigenvalue weighted by Gasteiger charge is -2.08. The standard InChI is InChI=1S/C15H12Cl2N2O3S2/c16-11-2-1-3-12(17)14(11)15-18-7-10(23-15)6-13(20)19-9-4-5-24(21,22)8-9/h1-5,7,9H,6,8H2,(H,19,20). The van der Waals surface area contributed by atoms with Crippen LogP contribution in [-0.2, 0) is 21.1 Å². The molecule has 1 N–H and O–H groups in total. The minimum absolute atomic E-state index is 0.0953. The Morgan fingerprint density at radius 3 is 2.67 bits per heavy atom. The molecule has 1 unspecified atom stereocenters. The molecule has 0 aliphatic carbocycles. The van der Waals surface area contributed by atoms with Crippen LogP contribution in [0.3, 0.4) is 0 Å². The third kappa shape index (κ3) is 3.97. The van der Waals surface area contributed by atoms with E-state index in [0.717, 1.165) is 10.3 Å². The maximum atomic E-state index is 12.0. The molecule has 0 bridgehead atoms. The van der Waals surface area contributed by atoms with E-state index in [1.807, 2.05) is 0 Å². The summed E-state index contributed by atoms with van der Waals surface area (Å²) < 4.78 is 22.7. The average molecular weight is 403 g/mol. The Labute approximate surface area is 153 Å². The van der Waals surface area contributed by atoms with Crippen LogP contribution in [0.1, 0.15) is 4.88 Å². The number of aromatic nitrogens is 1. The largest absolute Gasteiger partial charge is 0.349 e. The predicted molar refractivity (Wildman–Crippen MR) is 96.1 cm³/mol. The monoisotopic (exact) mass is 402 g/mol. The predicted octanol–water partition coefficient (Wildman–Crippen LogP) is 3.09. The lowest BCUT2D eigenvalue weighted by molar-refractivity contribution is -0.120. The van der Waals surface area contributed by atoms with Crippen LogP contribution in [0.5, 0.6) is 0 Å². The van der Waals surface area contributed by atoms with Crippen molar-refractivity contribution in [2.45, 2.75) is 12.5 Å². The van der Waals surface area contributed by atoms with Crippen molar-refractivity contribution in [1.29, 1.82) is 0 Å². The maximum absolute atomic E-state index is 12.0. The number of benzene rings is 1. The molecule has 1 aromatic carbocycles. The number of nitrogens with zero attached hydrogens (tertiary/aromatic N) is 1. The summed E-state index contributed by atoms with van der Waals surface area (Å²) in [5.41, 5.74) is 0.641. The number of amides is 1. The lowest BCUT2D eigenvalue weighted by Crippen LogP contribution is -2.36. The van der Waals surface area contributed by atoms with Gasteiger partial charge < -0.3 is 5.32 Å². The molecule has 0 saturated heterocycles.